The number of carbonyl (C=O) groups is 1. The van der Waals surface area contributed by atoms with Gasteiger partial charge in [0.05, 0.1) is 19.3 Å². The van der Waals surface area contributed by atoms with Crippen LogP contribution in [0.2, 0.25) is 10.0 Å². The lowest BCUT2D eigenvalue weighted by atomic mass is 9.87. The highest BCUT2D eigenvalue weighted by atomic mass is 35.5. The summed E-state index contributed by atoms with van der Waals surface area (Å²) in [6.07, 6.45) is 3.67. The molecule has 4 rings (SSSR count). The Hall–Kier alpha value is -1.76. The van der Waals surface area contributed by atoms with E-state index in [4.69, 9.17) is 27.9 Å². The van der Waals surface area contributed by atoms with Gasteiger partial charge in [-0.3, -0.25) is 5.32 Å². The number of urea groups is 1. The van der Waals surface area contributed by atoms with Gasteiger partial charge < -0.3 is 9.64 Å². The summed E-state index contributed by atoms with van der Waals surface area (Å²) in [5.41, 5.74) is 0.918. The highest BCUT2D eigenvalue weighted by molar-refractivity contribution is 6.35. The average molecular weight is 395 g/mol. The largest absolute Gasteiger partial charge is 0.381 e. The third-order valence-corrected chi connectivity index (χ3v) is 5.94. The summed E-state index contributed by atoms with van der Waals surface area (Å²) in [5.74, 6) is 0.620. The number of halogens is 2. The van der Waals surface area contributed by atoms with Crippen molar-refractivity contribution in [2.24, 2.45) is 5.41 Å². The van der Waals surface area contributed by atoms with Gasteiger partial charge in [0, 0.05) is 46.8 Å². The van der Waals surface area contributed by atoms with Crippen LogP contribution in [0.5, 0.6) is 0 Å². The molecule has 2 aliphatic rings. The van der Waals surface area contributed by atoms with E-state index in [-0.39, 0.29) is 11.4 Å². The zero-order chi connectivity index (χ0) is 18.1. The average Bonchev–Trinajstić information content (AvgIpc) is 3.35. The fraction of sp³-hybridized carbons (Fsp3) is 0.444. The van der Waals surface area contributed by atoms with Gasteiger partial charge in [0.15, 0.2) is 0 Å². The first-order valence-electron chi connectivity index (χ1n) is 8.65. The van der Waals surface area contributed by atoms with Crippen LogP contribution in [0.25, 0.3) is 0 Å². The molecule has 6 nitrogen and oxygen atoms in total. The van der Waals surface area contributed by atoms with E-state index in [0.29, 0.717) is 22.4 Å². The molecule has 2 aliphatic heterocycles. The number of amides is 2. The Kier molecular flexibility index (Phi) is 4.82. The van der Waals surface area contributed by atoms with Crippen molar-refractivity contribution in [3.8, 4) is 0 Å². The normalized spacial score (nSPS) is 22.3. The van der Waals surface area contributed by atoms with Crippen molar-refractivity contribution in [1.82, 2.24) is 14.7 Å². The van der Waals surface area contributed by atoms with E-state index in [2.05, 4.69) is 10.4 Å². The maximum absolute atomic E-state index is 12.7. The monoisotopic (exact) mass is 394 g/mol. The van der Waals surface area contributed by atoms with Crippen LogP contribution in [0.15, 0.2) is 30.5 Å². The molecule has 1 atom stereocenters. The Morgan fingerprint density at radius 2 is 2.08 bits per heavy atom. The van der Waals surface area contributed by atoms with E-state index in [9.17, 15) is 4.79 Å². The van der Waals surface area contributed by atoms with Crippen LogP contribution in [0.3, 0.4) is 0 Å². The van der Waals surface area contributed by atoms with E-state index < -0.39 is 0 Å². The zero-order valence-corrected chi connectivity index (χ0v) is 15.8. The van der Waals surface area contributed by atoms with Crippen molar-refractivity contribution in [3.63, 3.8) is 0 Å². The van der Waals surface area contributed by atoms with Crippen molar-refractivity contribution >= 4 is 35.1 Å². The first-order chi connectivity index (χ1) is 12.6. The smallest absolute Gasteiger partial charge is 0.323 e. The zero-order valence-electron chi connectivity index (χ0n) is 14.3. The maximum atomic E-state index is 12.7. The summed E-state index contributed by atoms with van der Waals surface area (Å²) >= 11 is 12.5. The van der Waals surface area contributed by atoms with Gasteiger partial charge >= 0.3 is 6.03 Å². The van der Waals surface area contributed by atoms with Crippen LogP contribution < -0.4 is 5.32 Å². The van der Waals surface area contributed by atoms with Gasteiger partial charge in [-0.05, 0) is 25.0 Å². The summed E-state index contributed by atoms with van der Waals surface area (Å²) in [5, 5.41) is 8.40. The highest BCUT2D eigenvalue weighted by Crippen LogP contribution is 2.38. The van der Waals surface area contributed by atoms with Crippen molar-refractivity contribution in [3.05, 3.63) is 46.1 Å². The Morgan fingerprint density at radius 3 is 2.81 bits per heavy atom. The Labute approximate surface area is 162 Å². The lowest BCUT2D eigenvalue weighted by Crippen LogP contribution is -2.36. The lowest BCUT2D eigenvalue weighted by molar-refractivity contribution is 0.154. The number of benzene rings is 1. The highest BCUT2D eigenvalue weighted by Gasteiger charge is 2.42. The van der Waals surface area contributed by atoms with Crippen LogP contribution in [-0.2, 0) is 11.3 Å². The minimum atomic E-state index is -0.110. The molecule has 1 aromatic carbocycles. The number of rotatable bonds is 3. The predicted octanol–water partition coefficient (Wildman–Crippen LogP) is 3.88. The van der Waals surface area contributed by atoms with Crippen molar-refractivity contribution in [1.29, 1.82) is 0 Å². The summed E-state index contributed by atoms with van der Waals surface area (Å²) < 4.78 is 7.22. The van der Waals surface area contributed by atoms with Gasteiger partial charge in [0.25, 0.3) is 0 Å². The second kappa shape index (κ2) is 7.10. The van der Waals surface area contributed by atoms with Crippen LogP contribution in [0.1, 0.15) is 18.4 Å². The Morgan fingerprint density at radius 1 is 1.27 bits per heavy atom. The molecule has 2 amide bonds. The molecule has 2 saturated heterocycles. The number of hydrogen-bond acceptors (Lipinski definition) is 3. The number of likely N-dealkylation sites (tertiary alicyclic amines) is 1. The number of ether oxygens (including phenoxy) is 1. The molecule has 1 unspecified atom stereocenters. The minimum absolute atomic E-state index is 0.110. The number of anilines is 1. The van der Waals surface area contributed by atoms with Crippen LogP contribution in [0, 0.1) is 5.41 Å². The lowest BCUT2D eigenvalue weighted by Gasteiger charge is -2.22. The summed E-state index contributed by atoms with van der Waals surface area (Å²) in [6.45, 7) is 3.42. The van der Waals surface area contributed by atoms with Gasteiger partial charge in [-0.15, -0.1) is 0 Å². The maximum Gasteiger partial charge on any atom is 0.323 e. The Bertz CT molecular complexity index is 797. The predicted molar refractivity (Wildman–Crippen MR) is 101 cm³/mol. The third kappa shape index (κ3) is 3.41. The summed E-state index contributed by atoms with van der Waals surface area (Å²) in [7, 11) is 0. The van der Waals surface area contributed by atoms with Crippen LogP contribution in [0.4, 0.5) is 10.6 Å². The number of carbonyl (C=O) groups excluding carboxylic acids is 1. The summed E-state index contributed by atoms with van der Waals surface area (Å²) in [6, 6.07) is 7.04. The fourth-order valence-corrected chi connectivity index (χ4v) is 4.18. The van der Waals surface area contributed by atoms with E-state index in [0.717, 1.165) is 44.7 Å². The van der Waals surface area contributed by atoms with Crippen molar-refractivity contribution < 1.29 is 9.53 Å². The van der Waals surface area contributed by atoms with Gasteiger partial charge in [-0.25, -0.2) is 9.48 Å². The van der Waals surface area contributed by atoms with Gasteiger partial charge in [0.1, 0.15) is 5.82 Å². The molecule has 0 bridgehead atoms. The molecule has 3 heterocycles. The molecule has 138 valence electrons. The SMILES string of the molecule is O=C(Nc1ccnn1Cc1c(Cl)cccc1Cl)N1CCC2(CCOC2)C1. The Balaban J connectivity index is 1.45. The number of nitrogens with zero attached hydrogens (tertiary/aromatic N) is 3. The summed E-state index contributed by atoms with van der Waals surface area (Å²) in [4.78, 5) is 14.5. The van der Waals surface area contributed by atoms with Crippen LogP contribution >= 0.6 is 23.2 Å². The minimum Gasteiger partial charge on any atom is -0.381 e. The molecule has 1 aromatic heterocycles. The molecule has 26 heavy (non-hydrogen) atoms. The molecular weight excluding hydrogens is 375 g/mol. The van der Waals surface area contributed by atoms with Crippen LogP contribution in [-0.4, -0.2) is 47.0 Å². The molecule has 0 aliphatic carbocycles. The van der Waals surface area contributed by atoms with Crippen molar-refractivity contribution in [2.75, 3.05) is 31.6 Å². The topological polar surface area (TPSA) is 59.4 Å². The van der Waals surface area contributed by atoms with Gasteiger partial charge in [0.2, 0.25) is 0 Å². The molecule has 0 saturated carbocycles. The molecule has 1 N–H and O–H groups in total. The number of aromatic nitrogens is 2. The van der Waals surface area contributed by atoms with Gasteiger partial charge in [-0.2, -0.15) is 5.10 Å². The quantitative estimate of drug-likeness (QED) is 0.858. The third-order valence-electron chi connectivity index (χ3n) is 5.23. The van der Waals surface area contributed by atoms with Gasteiger partial charge in [-0.1, -0.05) is 29.3 Å². The molecular formula is C18H20Cl2N4O2. The molecule has 2 fully saturated rings. The second-order valence-corrected chi connectivity index (χ2v) is 7.79. The molecule has 1 spiro atoms. The first-order valence-corrected chi connectivity index (χ1v) is 9.40. The standard InChI is InChI=1S/C18H20Cl2N4O2/c19-14-2-1-3-15(20)13(14)10-24-16(4-7-21-24)22-17(25)23-8-5-18(11-23)6-9-26-12-18/h1-4,7H,5-6,8-12H2,(H,22,25). The van der Waals surface area contributed by atoms with Crippen molar-refractivity contribution in [2.45, 2.75) is 19.4 Å². The fourth-order valence-electron chi connectivity index (χ4n) is 3.67. The number of nitrogens with one attached hydrogen (secondary N) is 1. The van der Waals surface area contributed by atoms with E-state index in [1.165, 1.54) is 0 Å². The molecule has 2 aromatic rings. The second-order valence-electron chi connectivity index (χ2n) is 6.98. The molecule has 0 radical (unpaired) electrons. The molecule has 8 heteroatoms. The van der Waals surface area contributed by atoms with E-state index >= 15 is 0 Å². The number of hydrogen-bond donors (Lipinski definition) is 1. The van der Waals surface area contributed by atoms with E-state index in [1.807, 2.05) is 4.90 Å². The first kappa shape index (κ1) is 17.6. The van der Waals surface area contributed by atoms with E-state index in [1.54, 1.807) is 35.1 Å².